The number of halogens is 1. The summed E-state index contributed by atoms with van der Waals surface area (Å²) in [6, 6.07) is 16.2. The number of piperazine rings is 1. The van der Waals surface area contributed by atoms with Gasteiger partial charge in [0.1, 0.15) is 0 Å². The van der Waals surface area contributed by atoms with Crippen LogP contribution in [-0.4, -0.2) is 42.2 Å². The number of aryl methyl sites for hydroxylation is 1. The summed E-state index contributed by atoms with van der Waals surface area (Å²) >= 11 is 7.71. The summed E-state index contributed by atoms with van der Waals surface area (Å²) in [6.45, 7) is 7.26. The molecule has 1 atom stereocenters. The standard InChI is InChI=1S/C20H23ClN2OS/c1-15-6-8-19(9-7-15)25-16(2)20(24)23-12-10-22(11-13-23)18-5-3-4-17(21)14-18/h3-9,14,16H,10-13H2,1-2H3/t16-/m0/s1. The molecule has 5 heteroatoms. The second kappa shape index (κ2) is 8.15. The molecule has 1 heterocycles. The van der Waals surface area contributed by atoms with Crippen LogP contribution in [0.3, 0.4) is 0 Å². The summed E-state index contributed by atoms with van der Waals surface area (Å²) < 4.78 is 0. The van der Waals surface area contributed by atoms with E-state index in [1.54, 1.807) is 11.8 Å². The van der Waals surface area contributed by atoms with E-state index < -0.39 is 0 Å². The Bertz CT molecular complexity index is 727. The van der Waals surface area contributed by atoms with Crippen molar-refractivity contribution in [3.63, 3.8) is 0 Å². The van der Waals surface area contributed by atoms with Crippen molar-refractivity contribution >= 4 is 35.0 Å². The van der Waals surface area contributed by atoms with Crippen LogP contribution in [0.1, 0.15) is 12.5 Å². The molecule has 0 bridgehead atoms. The highest BCUT2D eigenvalue weighted by atomic mass is 35.5. The van der Waals surface area contributed by atoms with E-state index in [0.29, 0.717) is 0 Å². The minimum absolute atomic E-state index is 0.0691. The number of benzene rings is 2. The third-order valence-electron chi connectivity index (χ3n) is 4.45. The minimum atomic E-state index is -0.0691. The zero-order chi connectivity index (χ0) is 17.8. The van der Waals surface area contributed by atoms with Gasteiger partial charge in [-0.15, -0.1) is 11.8 Å². The van der Waals surface area contributed by atoms with Crippen LogP contribution in [0.2, 0.25) is 5.02 Å². The highest BCUT2D eigenvalue weighted by Gasteiger charge is 2.25. The van der Waals surface area contributed by atoms with E-state index in [9.17, 15) is 4.79 Å². The van der Waals surface area contributed by atoms with Gasteiger partial charge in [0.05, 0.1) is 5.25 Å². The Labute approximate surface area is 159 Å². The van der Waals surface area contributed by atoms with E-state index >= 15 is 0 Å². The molecule has 0 unspecified atom stereocenters. The Balaban J connectivity index is 1.54. The fourth-order valence-corrected chi connectivity index (χ4v) is 4.12. The Hall–Kier alpha value is -1.65. The van der Waals surface area contributed by atoms with E-state index in [1.807, 2.05) is 30.0 Å². The first-order chi connectivity index (χ1) is 12.0. The van der Waals surface area contributed by atoms with Gasteiger partial charge in [-0.25, -0.2) is 0 Å². The molecule has 0 spiro atoms. The maximum Gasteiger partial charge on any atom is 0.235 e. The van der Waals surface area contributed by atoms with Gasteiger partial charge in [-0.2, -0.15) is 0 Å². The molecule has 1 aliphatic rings. The smallest absolute Gasteiger partial charge is 0.235 e. The molecule has 1 fully saturated rings. The predicted molar refractivity (Wildman–Crippen MR) is 107 cm³/mol. The van der Waals surface area contributed by atoms with Gasteiger partial charge >= 0.3 is 0 Å². The van der Waals surface area contributed by atoms with Crippen molar-refractivity contribution in [1.82, 2.24) is 4.90 Å². The van der Waals surface area contributed by atoms with Crippen LogP contribution in [0.5, 0.6) is 0 Å². The summed E-state index contributed by atoms with van der Waals surface area (Å²) in [5.74, 6) is 0.219. The van der Waals surface area contributed by atoms with E-state index in [2.05, 4.69) is 42.2 Å². The molecule has 1 aliphatic heterocycles. The first-order valence-corrected chi connectivity index (χ1v) is 9.81. The number of nitrogens with zero attached hydrogens (tertiary/aromatic N) is 2. The lowest BCUT2D eigenvalue weighted by Crippen LogP contribution is -2.50. The molecule has 3 nitrogen and oxygen atoms in total. The molecule has 3 rings (SSSR count). The van der Waals surface area contributed by atoms with Crippen LogP contribution in [0.25, 0.3) is 0 Å². The van der Waals surface area contributed by atoms with Crippen molar-refractivity contribution in [2.24, 2.45) is 0 Å². The topological polar surface area (TPSA) is 23.6 Å². The number of thioether (sulfide) groups is 1. The van der Waals surface area contributed by atoms with Gasteiger partial charge in [0, 0.05) is 41.8 Å². The summed E-state index contributed by atoms with van der Waals surface area (Å²) in [7, 11) is 0. The van der Waals surface area contributed by atoms with E-state index in [4.69, 9.17) is 11.6 Å². The van der Waals surface area contributed by atoms with Gasteiger partial charge in [-0.3, -0.25) is 4.79 Å². The van der Waals surface area contributed by atoms with Crippen LogP contribution in [0.15, 0.2) is 53.4 Å². The molecule has 0 aromatic heterocycles. The summed E-state index contributed by atoms with van der Waals surface area (Å²) in [6.07, 6.45) is 0. The number of hydrogen-bond donors (Lipinski definition) is 0. The zero-order valence-electron chi connectivity index (χ0n) is 14.6. The van der Waals surface area contributed by atoms with Crippen molar-refractivity contribution < 1.29 is 4.79 Å². The van der Waals surface area contributed by atoms with Crippen LogP contribution >= 0.6 is 23.4 Å². The molecule has 0 N–H and O–H groups in total. The van der Waals surface area contributed by atoms with E-state index in [1.165, 1.54) is 5.56 Å². The molecule has 2 aromatic rings. The van der Waals surface area contributed by atoms with Crippen LogP contribution < -0.4 is 4.90 Å². The number of anilines is 1. The average molecular weight is 375 g/mol. The lowest BCUT2D eigenvalue weighted by Gasteiger charge is -2.37. The SMILES string of the molecule is Cc1ccc(S[C@@H](C)C(=O)N2CCN(c3cccc(Cl)c3)CC2)cc1. The van der Waals surface area contributed by atoms with Gasteiger partial charge in [0.15, 0.2) is 0 Å². The van der Waals surface area contributed by atoms with Crippen molar-refractivity contribution in [3.05, 3.63) is 59.1 Å². The first kappa shape index (κ1) is 18.2. The second-order valence-electron chi connectivity index (χ2n) is 6.37. The fraction of sp³-hybridized carbons (Fsp3) is 0.350. The van der Waals surface area contributed by atoms with Crippen LogP contribution in [-0.2, 0) is 4.79 Å². The second-order valence-corrected chi connectivity index (χ2v) is 8.22. The quantitative estimate of drug-likeness (QED) is 0.737. The summed E-state index contributed by atoms with van der Waals surface area (Å²) in [5, 5.41) is 0.680. The maximum atomic E-state index is 12.7. The Morgan fingerprint density at radius 2 is 1.76 bits per heavy atom. The number of rotatable bonds is 4. The molecule has 1 saturated heterocycles. The zero-order valence-corrected chi connectivity index (χ0v) is 16.2. The van der Waals surface area contributed by atoms with E-state index in [0.717, 1.165) is 41.8 Å². The number of hydrogen-bond acceptors (Lipinski definition) is 3. The Kier molecular flexibility index (Phi) is 5.92. The molecular weight excluding hydrogens is 352 g/mol. The Morgan fingerprint density at radius 1 is 1.08 bits per heavy atom. The van der Waals surface area contributed by atoms with Gasteiger partial charge in [-0.1, -0.05) is 35.4 Å². The summed E-state index contributed by atoms with van der Waals surface area (Å²) in [4.78, 5) is 18.1. The molecule has 132 valence electrons. The normalized spacial score (nSPS) is 16.0. The number of amides is 1. The third kappa shape index (κ3) is 4.71. The molecule has 0 saturated carbocycles. The maximum absolute atomic E-state index is 12.7. The molecular formula is C20H23ClN2OS. The lowest BCUT2D eigenvalue weighted by molar-refractivity contribution is -0.130. The van der Waals surface area contributed by atoms with Gasteiger partial charge in [0.2, 0.25) is 5.91 Å². The van der Waals surface area contributed by atoms with Crippen LogP contribution in [0.4, 0.5) is 5.69 Å². The van der Waals surface area contributed by atoms with Crippen molar-refractivity contribution in [2.45, 2.75) is 24.0 Å². The van der Waals surface area contributed by atoms with Crippen LogP contribution in [0, 0.1) is 6.92 Å². The number of carbonyl (C=O) groups is 1. The predicted octanol–water partition coefficient (Wildman–Crippen LogP) is 4.48. The van der Waals surface area contributed by atoms with Crippen molar-refractivity contribution in [3.8, 4) is 0 Å². The molecule has 0 radical (unpaired) electrons. The van der Waals surface area contributed by atoms with Gasteiger partial charge in [0.25, 0.3) is 0 Å². The highest BCUT2D eigenvalue weighted by molar-refractivity contribution is 8.00. The van der Waals surface area contributed by atoms with Gasteiger partial charge < -0.3 is 9.80 Å². The molecule has 1 amide bonds. The highest BCUT2D eigenvalue weighted by Crippen LogP contribution is 2.26. The monoisotopic (exact) mass is 374 g/mol. The lowest BCUT2D eigenvalue weighted by atomic mass is 10.2. The van der Waals surface area contributed by atoms with E-state index in [-0.39, 0.29) is 11.2 Å². The minimum Gasteiger partial charge on any atom is -0.368 e. The average Bonchev–Trinajstić information content (AvgIpc) is 2.63. The number of carbonyl (C=O) groups excluding carboxylic acids is 1. The largest absolute Gasteiger partial charge is 0.368 e. The molecule has 0 aliphatic carbocycles. The Morgan fingerprint density at radius 3 is 2.40 bits per heavy atom. The van der Waals surface area contributed by atoms with Crippen molar-refractivity contribution in [1.29, 1.82) is 0 Å². The molecule has 25 heavy (non-hydrogen) atoms. The fourth-order valence-electron chi connectivity index (χ4n) is 2.99. The third-order valence-corrected chi connectivity index (χ3v) is 5.78. The summed E-state index contributed by atoms with van der Waals surface area (Å²) in [5.41, 5.74) is 2.36. The van der Waals surface area contributed by atoms with Gasteiger partial charge in [-0.05, 0) is 44.2 Å². The van der Waals surface area contributed by atoms with Crippen molar-refractivity contribution in [2.75, 3.05) is 31.1 Å². The molecule has 2 aromatic carbocycles. The first-order valence-electron chi connectivity index (χ1n) is 8.55.